The quantitative estimate of drug-likeness (QED) is 0.830. The van der Waals surface area contributed by atoms with E-state index in [-0.39, 0.29) is 17.6 Å². The van der Waals surface area contributed by atoms with E-state index in [0.717, 1.165) is 11.4 Å². The number of hydrogen-bond acceptors (Lipinski definition) is 4. The third kappa shape index (κ3) is 5.06. The number of hydrogen-bond donors (Lipinski definition) is 2. The van der Waals surface area contributed by atoms with Gasteiger partial charge in [-0.25, -0.2) is 0 Å². The van der Waals surface area contributed by atoms with Gasteiger partial charge in [-0.05, 0) is 48.6 Å². The number of methoxy groups -OCH3 is 1. The molecule has 2 rings (SSSR count). The van der Waals surface area contributed by atoms with Crippen LogP contribution in [0.15, 0.2) is 54.6 Å². The van der Waals surface area contributed by atoms with Crippen LogP contribution in [0, 0.1) is 0 Å². The van der Waals surface area contributed by atoms with E-state index < -0.39 is 0 Å². The fourth-order valence-electron chi connectivity index (χ4n) is 1.67. The fourth-order valence-corrected chi connectivity index (χ4v) is 1.90. The standard InChI is InChI=1S/C16H16N2O3S/c1-20-13-7-9-14(10-8-13)21-11-15(19)18-16(22)17-12-5-3-2-4-6-12/h2-10H,11H2,1H3,(H2,17,18,19,22). The molecule has 0 radical (unpaired) electrons. The number of anilines is 1. The van der Waals surface area contributed by atoms with Crippen LogP contribution in [0.5, 0.6) is 11.5 Å². The summed E-state index contributed by atoms with van der Waals surface area (Å²) in [6.07, 6.45) is 0. The Hall–Kier alpha value is -2.60. The molecule has 2 aromatic rings. The van der Waals surface area contributed by atoms with Crippen LogP contribution in [0.2, 0.25) is 0 Å². The van der Waals surface area contributed by atoms with Crippen molar-refractivity contribution in [2.45, 2.75) is 0 Å². The summed E-state index contributed by atoms with van der Waals surface area (Å²) in [5.74, 6) is 0.979. The van der Waals surface area contributed by atoms with E-state index in [0.29, 0.717) is 5.75 Å². The minimum absolute atomic E-state index is 0.122. The molecule has 114 valence electrons. The lowest BCUT2D eigenvalue weighted by Crippen LogP contribution is -2.37. The first-order valence-corrected chi connectivity index (χ1v) is 7.01. The molecule has 22 heavy (non-hydrogen) atoms. The van der Waals surface area contributed by atoms with Gasteiger partial charge in [0.05, 0.1) is 7.11 Å². The maximum atomic E-state index is 11.8. The molecule has 0 spiro atoms. The van der Waals surface area contributed by atoms with Gasteiger partial charge in [0.2, 0.25) is 0 Å². The molecule has 0 aromatic heterocycles. The smallest absolute Gasteiger partial charge is 0.264 e. The molecule has 0 fully saturated rings. The minimum Gasteiger partial charge on any atom is -0.497 e. The molecule has 5 nitrogen and oxygen atoms in total. The topological polar surface area (TPSA) is 59.6 Å². The fraction of sp³-hybridized carbons (Fsp3) is 0.125. The highest BCUT2D eigenvalue weighted by molar-refractivity contribution is 7.80. The third-order valence-electron chi connectivity index (χ3n) is 2.71. The Kier molecular flexibility index (Phi) is 5.73. The van der Waals surface area contributed by atoms with Crippen LogP contribution >= 0.6 is 12.2 Å². The first-order valence-electron chi connectivity index (χ1n) is 6.60. The summed E-state index contributed by atoms with van der Waals surface area (Å²) in [6.45, 7) is -0.122. The molecule has 0 bridgehead atoms. The van der Waals surface area contributed by atoms with Gasteiger partial charge >= 0.3 is 0 Å². The average molecular weight is 316 g/mol. The zero-order valence-electron chi connectivity index (χ0n) is 12.0. The number of benzene rings is 2. The molecule has 2 aromatic carbocycles. The van der Waals surface area contributed by atoms with Crippen LogP contribution in [0.3, 0.4) is 0 Å². The Bertz CT molecular complexity index is 630. The van der Waals surface area contributed by atoms with E-state index in [1.54, 1.807) is 31.4 Å². The lowest BCUT2D eigenvalue weighted by Gasteiger charge is -2.10. The second kappa shape index (κ2) is 7.99. The molecular weight excluding hydrogens is 300 g/mol. The molecule has 0 aliphatic rings. The third-order valence-corrected chi connectivity index (χ3v) is 2.92. The lowest BCUT2D eigenvalue weighted by molar-refractivity contribution is -0.121. The van der Waals surface area contributed by atoms with E-state index in [2.05, 4.69) is 10.6 Å². The highest BCUT2D eigenvalue weighted by Gasteiger charge is 2.06. The number of carbonyl (C=O) groups is 1. The van der Waals surface area contributed by atoms with Gasteiger partial charge in [0.1, 0.15) is 11.5 Å². The minimum atomic E-state index is -0.329. The summed E-state index contributed by atoms with van der Waals surface area (Å²) in [6, 6.07) is 16.3. The van der Waals surface area contributed by atoms with Gasteiger partial charge in [0.25, 0.3) is 5.91 Å². The van der Waals surface area contributed by atoms with Crippen molar-refractivity contribution in [3.63, 3.8) is 0 Å². The summed E-state index contributed by atoms with van der Waals surface area (Å²) in [4.78, 5) is 11.8. The molecular formula is C16H16N2O3S. The summed E-state index contributed by atoms with van der Waals surface area (Å²) in [7, 11) is 1.59. The van der Waals surface area contributed by atoms with Crippen LogP contribution in [0.1, 0.15) is 0 Å². The first-order chi connectivity index (χ1) is 10.7. The van der Waals surface area contributed by atoms with Crippen molar-refractivity contribution >= 4 is 28.9 Å². The molecule has 6 heteroatoms. The SMILES string of the molecule is COc1ccc(OCC(=O)NC(=S)Nc2ccccc2)cc1. The molecule has 0 saturated carbocycles. The van der Waals surface area contributed by atoms with Crippen molar-refractivity contribution in [3.05, 3.63) is 54.6 Å². The maximum Gasteiger partial charge on any atom is 0.264 e. The van der Waals surface area contributed by atoms with Crippen LogP contribution < -0.4 is 20.1 Å². The molecule has 0 unspecified atom stereocenters. The summed E-state index contributed by atoms with van der Waals surface area (Å²) >= 11 is 5.06. The van der Waals surface area contributed by atoms with Crippen LogP contribution in [0.25, 0.3) is 0 Å². The van der Waals surface area contributed by atoms with Crippen molar-refractivity contribution in [2.24, 2.45) is 0 Å². The summed E-state index contributed by atoms with van der Waals surface area (Å²) < 4.78 is 10.4. The van der Waals surface area contributed by atoms with Crippen molar-refractivity contribution in [2.75, 3.05) is 19.0 Å². The molecule has 0 aliphatic carbocycles. The summed E-state index contributed by atoms with van der Waals surface area (Å²) in [5.41, 5.74) is 0.809. The molecule has 1 amide bonds. The Morgan fingerprint density at radius 2 is 1.68 bits per heavy atom. The number of carbonyl (C=O) groups excluding carboxylic acids is 1. The highest BCUT2D eigenvalue weighted by Crippen LogP contribution is 2.16. The Labute approximate surface area is 134 Å². The second-order valence-electron chi connectivity index (χ2n) is 4.33. The second-order valence-corrected chi connectivity index (χ2v) is 4.74. The Balaban J connectivity index is 1.76. The van der Waals surface area contributed by atoms with E-state index in [1.807, 2.05) is 30.3 Å². The van der Waals surface area contributed by atoms with Gasteiger partial charge in [-0.2, -0.15) is 0 Å². The molecule has 0 heterocycles. The highest BCUT2D eigenvalue weighted by atomic mass is 32.1. The van der Waals surface area contributed by atoms with Gasteiger partial charge in [0, 0.05) is 5.69 Å². The maximum absolute atomic E-state index is 11.8. The lowest BCUT2D eigenvalue weighted by atomic mass is 10.3. The van der Waals surface area contributed by atoms with Crippen LogP contribution in [0.4, 0.5) is 5.69 Å². The zero-order valence-corrected chi connectivity index (χ0v) is 12.9. The van der Waals surface area contributed by atoms with Crippen molar-refractivity contribution < 1.29 is 14.3 Å². The van der Waals surface area contributed by atoms with Gasteiger partial charge in [0.15, 0.2) is 11.7 Å². The van der Waals surface area contributed by atoms with Crippen molar-refractivity contribution in [1.82, 2.24) is 5.32 Å². The van der Waals surface area contributed by atoms with Gasteiger partial charge in [-0.1, -0.05) is 18.2 Å². The largest absolute Gasteiger partial charge is 0.497 e. The van der Waals surface area contributed by atoms with Gasteiger partial charge in [-0.3, -0.25) is 10.1 Å². The van der Waals surface area contributed by atoms with Crippen LogP contribution in [-0.4, -0.2) is 24.7 Å². The Morgan fingerprint density at radius 3 is 2.32 bits per heavy atom. The van der Waals surface area contributed by atoms with Crippen molar-refractivity contribution in [3.8, 4) is 11.5 Å². The zero-order chi connectivity index (χ0) is 15.8. The van der Waals surface area contributed by atoms with Crippen LogP contribution in [-0.2, 0) is 4.79 Å². The average Bonchev–Trinajstić information content (AvgIpc) is 2.54. The van der Waals surface area contributed by atoms with Crippen molar-refractivity contribution in [1.29, 1.82) is 0 Å². The number of amides is 1. The number of rotatable bonds is 5. The monoisotopic (exact) mass is 316 g/mol. The van der Waals surface area contributed by atoms with E-state index in [4.69, 9.17) is 21.7 Å². The predicted molar refractivity (Wildman–Crippen MR) is 89.3 cm³/mol. The number of para-hydroxylation sites is 1. The van der Waals surface area contributed by atoms with E-state index in [1.165, 1.54) is 0 Å². The normalized spacial score (nSPS) is 9.68. The number of thiocarbonyl (C=S) groups is 1. The van der Waals surface area contributed by atoms with E-state index in [9.17, 15) is 4.79 Å². The summed E-state index contributed by atoms with van der Waals surface area (Å²) in [5, 5.41) is 5.70. The Morgan fingerprint density at radius 1 is 1.05 bits per heavy atom. The molecule has 0 aliphatic heterocycles. The number of ether oxygens (including phenoxy) is 2. The van der Waals surface area contributed by atoms with Gasteiger partial charge < -0.3 is 14.8 Å². The first kappa shape index (κ1) is 15.8. The van der Waals surface area contributed by atoms with E-state index >= 15 is 0 Å². The van der Waals surface area contributed by atoms with Gasteiger partial charge in [-0.15, -0.1) is 0 Å². The predicted octanol–water partition coefficient (Wildman–Crippen LogP) is 2.59. The number of nitrogens with one attached hydrogen (secondary N) is 2. The molecule has 0 atom stereocenters. The molecule has 2 N–H and O–H groups in total. The molecule has 0 saturated heterocycles.